The first kappa shape index (κ1) is 17.3. The maximum Gasteiger partial charge on any atom is 0.302 e. The highest BCUT2D eigenvalue weighted by Gasteiger charge is 2.23. The first-order chi connectivity index (χ1) is 13.1. The second-order valence-corrected chi connectivity index (χ2v) is 6.73. The minimum absolute atomic E-state index is 0.112. The van der Waals surface area contributed by atoms with E-state index in [0.717, 1.165) is 12.8 Å². The van der Waals surface area contributed by atoms with E-state index in [1.807, 2.05) is 12.1 Å². The summed E-state index contributed by atoms with van der Waals surface area (Å²) in [4.78, 5) is 27.8. The van der Waals surface area contributed by atoms with Crippen LogP contribution in [0.2, 0.25) is 0 Å². The van der Waals surface area contributed by atoms with Gasteiger partial charge in [-0.1, -0.05) is 24.3 Å². The molecular weight excluding hydrogens is 344 g/mol. The van der Waals surface area contributed by atoms with Gasteiger partial charge >= 0.3 is 5.97 Å². The van der Waals surface area contributed by atoms with Crippen LogP contribution >= 0.6 is 0 Å². The quantitative estimate of drug-likeness (QED) is 0.704. The summed E-state index contributed by atoms with van der Waals surface area (Å²) in [6, 6.07) is 13.6. The third kappa shape index (κ3) is 3.84. The smallest absolute Gasteiger partial charge is 0.302 e. The van der Waals surface area contributed by atoms with E-state index in [1.54, 1.807) is 18.2 Å². The lowest BCUT2D eigenvalue weighted by atomic mass is 10.1. The van der Waals surface area contributed by atoms with Gasteiger partial charge in [0.05, 0.1) is 13.0 Å². The van der Waals surface area contributed by atoms with Crippen LogP contribution in [0.3, 0.4) is 0 Å². The van der Waals surface area contributed by atoms with E-state index < -0.39 is 0 Å². The van der Waals surface area contributed by atoms with Crippen molar-refractivity contribution in [1.29, 1.82) is 0 Å². The average Bonchev–Trinajstić information content (AvgIpc) is 3.23. The highest BCUT2D eigenvalue weighted by atomic mass is 16.5. The summed E-state index contributed by atoms with van der Waals surface area (Å²) in [6.07, 6.45) is 2.11. The molecule has 3 aromatic rings. The molecule has 1 amide bonds. The van der Waals surface area contributed by atoms with Crippen LogP contribution in [0.1, 0.15) is 34.3 Å². The van der Waals surface area contributed by atoms with Crippen molar-refractivity contribution >= 4 is 23.0 Å². The van der Waals surface area contributed by atoms with Crippen LogP contribution in [0.25, 0.3) is 11.1 Å². The molecule has 2 aromatic carbocycles. The average molecular weight is 364 g/mol. The van der Waals surface area contributed by atoms with Gasteiger partial charge in [0.2, 0.25) is 0 Å². The van der Waals surface area contributed by atoms with Crippen molar-refractivity contribution in [1.82, 2.24) is 10.3 Å². The molecule has 0 radical (unpaired) electrons. The molecule has 6 heteroatoms. The molecule has 0 bridgehead atoms. The van der Waals surface area contributed by atoms with Gasteiger partial charge in [-0.3, -0.25) is 9.59 Å². The number of carbonyl (C=O) groups excluding carboxylic acids is 2. The molecule has 0 fully saturated rings. The molecule has 0 saturated heterocycles. The fourth-order valence-corrected chi connectivity index (χ4v) is 3.44. The lowest BCUT2D eigenvalue weighted by molar-refractivity contribution is -0.140. The number of rotatable bonds is 5. The minimum atomic E-state index is -0.334. The zero-order chi connectivity index (χ0) is 18.8. The Hall–Kier alpha value is -3.15. The Morgan fingerprint density at radius 1 is 1.19 bits per heavy atom. The first-order valence-electron chi connectivity index (χ1n) is 8.99. The molecule has 0 unspecified atom stereocenters. The topological polar surface area (TPSA) is 81.4 Å². The Morgan fingerprint density at radius 3 is 2.63 bits per heavy atom. The fraction of sp³-hybridized carbons (Fsp3) is 0.286. The van der Waals surface area contributed by atoms with Crippen molar-refractivity contribution < 1.29 is 18.7 Å². The number of benzene rings is 2. The van der Waals surface area contributed by atoms with Gasteiger partial charge in [0, 0.05) is 18.5 Å². The standard InChI is InChI=1S/C21H20N2O4/c1-13(24)26-9-8-20-23-18-12-16(6-7-19(18)27-20)21(25)22-17-10-14-4-2-3-5-15(14)11-17/h2-7,12,17H,8-11H2,1H3,(H,22,25). The third-order valence-corrected chi connectivity index (χ3v) is 4.70. The van der Waals surface area contributed by atoms with Crippen LogP contribution in [-0.2, 0) is 28.8 Å². The Morgan fingerprint density at radius 2 is 1.93 bits per heavy atom. The Kier molecular flexibility index (Phi) is 4.62. The van der Waals surface area contributed by atoms with Crippen molar-refractivity contribution in [2.45, 2.75) is 32.2 Å². The fourth-order valence-electron chi connectivity index (χ4n) is 3.44. The van der Waals surface area contributed by atoms with Crippen LogP contribution < -0.4 is 5.32 Å². The molecule has 138 valence electrons. The zero-order valence-corrected chi connectivity index (χ0v) is 15.0. The predicted octanol–water partition coefficient (Wildman–Crippen LogP) is 2.83. The van der Waals surface area contributed by atoms with E-state index in [1.165, 1.54) is 18.1 Å². The van der Waals surface area contributed by atoms with Gasteiger partial charge in [0.1, 0.15) is 5.52 Å². The van der Waals surface area contributed by atoms with Crippen LogP contribution in [0.4, 0.5) is 0 Å². The highest BCUT2D eigenvalue weighted by molar-refractivity contribution is 5.97. The van der Waals surface area contributed by atoms with E-state index >= 15 is 0 Å². The molecule has 27 heavy (non-hydrogen) atoms. The Bertz CT molecular complexity index is 983. The normalized spacial score (nSPS) is 13.5. The van der Waals surface area contributed by atoms with Gasteiger partial charge in [-0.15, -0.1) is 0 Å². The first-order valence-corrected chi connectivity index (χ1v) is 8.99. The molecular formula is C21H20N2O4. The molecule has 1 aliphatic carbocycles. The van der Waals surface area contributed by atoms with Gasteiger partial charge in [-0.2, -0.15) is 0 Å². The highest BCUT2D eigenvalue weighted by Crippen LogP contribution is 2.22. The number of fused-ring (bicyclic) bond motifs is 2. The van der Waals surface area contributed by atoms with Crippen molar-refractivity contribution in [3.05, 3.63) is 65.0 Å². The van der Waals surface area contributed by atoms with Gasteiger partial charge in [0.15, 0.2) is 11.5 Å². The van der Waals surface area contributed by atoms with Crippen molar-refractivity contribution in [3.8, 4) is 0 Å². The summed E-state index contributed by atoms with van der Waals surface area (Å²) < 4.78 is 10.5. The summed E-state index contributed by atoms with van der Waals surface area (Å²) in [5, 5.41) is 3.11. The van der Waals surface area contributed by atoms with Gasteiger partial charge in [-0.05, 0) is 42.2 Å². The van der Waals surface area contributed by atoms with Crippen molar-refractivity contribution in [3.63, 3.8) is 0 Å². The molecule has 0 atom stereocenters. The van der Waals surface area contributed by atoms with Gasteiger partial charge in [0.25, 0.3) is 5.91 Å². The largest absolute Gasteiger partial charge is 0.465 e. The second kappa shape index (κ2) is 7.23. The minimum Gasteiger partial charge on any atom is -0.465 e. The van der Waals surface area contributed by atoms with Crippen LogP contribution in [0.5, 0.6) is 0 Å². The Labute approximate surface area is 156 Å². The SMILES string of the molecule is CC(=O)OCCc1nc2cc(C(=O)NC3Cc4ccccc4C3)ccc2o1. The second-order valence-electron chi connectivity index (χ2n) is 6.73. The molecule has 6 nitrogen and oxygen atoms in total. The summed E-state index contributed by atoms with van der Waals surface area (Å²) >= 11 is 0. The van der Waals surface area contributed by atoms with E-state index in [2.05, 4.69) is 22.4 Å². The van der Waals surface area contributed by atoms with Gasteiger partial charge < -0.3 is 14.5 Å². The van der Waals surface area contributed by atoms with E-state index in [4.69, 9.17) is 9.15 Å². The lowest BCUT2D eigenvalue weighted by Crippen LogP contribution is -2.35. The summed E-state index contributed by atoms with van der Waals surface area (Å²) in [6.45, 7) is 1.58. The van der Waals surface area contributed by atoms with E-state index in [0.29, 0.717) is 29.0 Å². The molecule has 1 N–H and O–H groups in total. The van der Waals surface area contributed by atoms with Crippen molar-refractivity contribution in [2.75, 3.05) is 6.61 Å². The maximum absolute atomic E-state index is 12.6. The zero-order valence-electron chi connectivity index (χ0n) is 15.0. The number of oxazole rings is 1. The summed E-state index contributed by atoms with van der Waals surface area (Å²) in [5.74, 6) is 0.0355. The monoisotopic (exact) mass is 364 g/mol. The van der Waals surface area contributed by atoms with Crippen molar-refractivity contribution in [2.24, 2.45) is 0 Å². The third-order valence-electron chi connectivity index (χ3n) is 4.70. The molecule has 0 spiro atoms. The lowest BCUT2D eigenvalue weighted by Gasteiger charge is -2.11. The molecule has 1 aromatic heterocycles. The van der Waals surface area contributed by atoms with E-state index in [-0.39, 0.29) is 24.5 Å². The molecule has 1 aliphatic rings. The predicted molar refractivity (Wildman–Crippen MR) is 99.5 cm³/mol. The van der Waals surface area contributed by atoms with Crippen LogP contribution in [0, 0.1) is 0 Å². The molecule has 1 heterocycles. The summed E-state index contributed by atoms with van der Waals surface area (Å²) in [7, 11) is 0. The summed E-state index contributed by atoms with van der Waals surface area (Å²) in [5.41, 5.74) is 4.38. The molecule has 4 rings (SSSR count). The maximum atomic E-state index is 12.6. The number of nitrogens with zero attached hydrogens (tertiary/aromatic N) is 1. The number of nitrogens with one attached hydrogen (secondary N) is 1. The Balaban J connectivity index is 1.42. The molecule has 0 aliphatic heterocycles. The number of aromatic nitrogens is 1. The molecule has 0 saturated carbocycles. The number of hydrogen-bond acceptors (Lipinski definition) is 5. The number of ether oxygens (including phenoxy) is 1. The number of carbonyl (C=O) groups is 2. The van der Waals surface area contributed by atoms with Gasteiger partial charge in [-0.25, -0.2) is 4.98 Å². The van der Waals surface area contributed by atoms with Crippen LogP contribution in [-0.4, -0.2) is 29.5 Å². The van der Waals surface area contributed by atoms with E-state index in [9.17, 15) is 9.59 Å². The number of amides is 1. The number of esters is 1. The number of hydrogen-bond donors (Lipinski definition) is 1. The van der Waals surface area contributed by atoms with Crippen LogP contribution in [0.15, 0.2) is 46.9 Å².